The van der Waals surface area contributed by atoms with Crippen LogP contribution in [0.4, 0.5) is 34.9 Å². The van der Waals surface area contributed by atoms with E-state index >= 15 is 4.39 Å². The number of alkyl halides is 3. The van der Waals surface area contributed by atoms with Gasteiger partial charge in [0, 0.05) is 63.3 Å². The Bertz CT molecular complexity index is 1430. The summed E-state index contributed by atoms with van der Waals surface area (Å²) in [6, 6.07) is 4.61. The number of nitrogens with zero attached hydrogens (tertiary/aromatic N) is 5. The summed E-state index contributed by atoms with van der Waals surface area (Å²) in [4.78, 5) is 41.1. The van der Waals surface area contributed by atoms with Crippen LogP contribution in [-0.2, 0) is 6.18 Å². The van der Waals surface area contributed by atoms with Crippen molar-refractivity contribution >= 4 is 23.2 Å². The lowest BCUT2D eigenvalue weighted by Gasteiger charge is -2.44. The molecule has 208 valence electrons. The van der Waals surface area contributed by atoms with Gasteiger partial charge in [0.1, 0.15) is 5.82 Å². The molecule has 1 aliphatic heterocycles. The van der Waals surface area contributed by atoms with E-state index in [1.165, 1.54) is 24.4 Å². The van der Waals surface area contributed by atoms with Crippen LogP contribution in [0.5, 0.6) is 0 Å². The number of nitrogens with one attached hydrogen (secondary N) is 2. The van der Waals surface area contributed by atoms with E-state index in [2.05, 4.69) is 25.2 Å². The van der Waals surface area contributed by atoms with Gasteiger partial charge in [-0.2, -0.15) is 13.2 Å². The third-order valence-corrected chi connectivity index (χ3v) is 6.83. The molecule has 2 unspecified atom stereocenters. The highest BCUT2D eigenvalue weighted by Gasteiger charge is 2.36. The van der Waals surface area contributed by atoms with Crippen molar-refractivity contribution < 1.29 is 22.4 Å². The minimum atomic E-state index is -4.94. The number of pyridine rings is 1. The first kappa shape index (κ1) is 28.0. The van der Waals surface area contributed by atoms with Gasteiger partial charge in [-0.3, -0.25) is 14.5 Å². The molecule has 1 fully saturated rings. The molecule has 1 saturated heterocycles. The highest BCUT2D eigenvalue weighted by Crippen LogP contribution is 2.37. The Hall–Kier alpha value is -4.00. The number of aromatic nitrogens is 3. The van der Waals surface area contributed by atoms with Gasteiger partial charge in [-0.1, -0.05) is 0 Å². The van der Waals surface area contributed by atoms with Crippen LogP contribution in [0, 0.1) is 5.82 Å². The summed E-state index contributed by atoms with van der Waals surface area (Å²) in [7, 11) is 5.43. The average molecular weight is 548 g/mol. The third-order valence-electron chi connectivity index (χ3n) is 6.83. The van der Waals surface area contributed by atoms with Gasteiger partial charge in [0.15, 0.2) is 0 Å². The molecule has 1 aromatic carbocycles. The maximum absolute atomic E-state index is 15.6. The lowest BCUT2D eigenvalue weighted by molar-refractivity contribution is -0.138. The molecule has 3 heterocycles. The zero-order valence-corrected chi connectivity index (χ0v) is 22.1. The van der Waals surface area contributed by atoms with Crippen molar-refractivity contribution in [3.63, 3.8) is 0 Å². The molecule has 0 saturated carbocycles. The molecule has 4 rings (SSSR count). The number of piperazine rings is 1. The quantitative estimate of drug-likeness (QED) is 0.469. The van der Waals surface area contributed by atoms with E-state index in [1.807, 2.05) is 25.8 Å². The lowest BCUT2D eigenvalue weighted by atomic mass is 10.0. The number of benzene rings is 1. The predicted molar refractivity (Wildman–Crippen MR) is 141 cm³/mol. The first-order valence-corrected chi connectivity index (χ1v) is 12.2. The van der Waals surface area contributed by atoms with Gasteiger partial charge >= 0.3 is 6.18 Å². The summed E-state index contributed by atoms with van der Waals surface area (Å²) in [6.07, 6.45) is -2.76. The molecule has 1 aliphatic rings. The average Bonchev–Trinajstić information content (AvgIpc) is 2.87. The Morgan fingerprint density at radius 1 is 1.15 bits per heavy atom. The monoisotopic (exact) mass is 547 g/mol. The summed E-state index contributed by atoms with van der Waals surface area (Å²) in [5.74, 6) is -1.40. The van der Waals surface area contributed by atoms with Gasteiger partial charge in [0.25, 0.3) is 5.91 Å². The summed E-state index contributed by atoms with van der Waals surface area (Å²) in [5.41, 5.74) is -2.46. The summed E-state index contributed by atoms with van der Waals surface area (Å²) < 4.78 is 56.5. The van der Waals surface area contributed by atoms with Crippen LogP contribution in [-0.4, -0.2) is 72.1 Å². The SMILES string of the molecule is CC1CN(c2cc(F)c(-c3ccnc(N(C)C)n3)cc2NC(=O)c2c[nH]c(=O)cc2C(F)(F)F)CC(C)N1C. The second-order valence-electron chi connectivity index (χ2n) is 9.83. The normalized spacial score (nSPS) is 18.2. The van der Waals surface area contributed by atoms with Crippen LogP contribution in [0.1, 0.15) is 29.8 Å². The standard InChI is InChI=1S/C26H29F4N7O2/c1-14-12-37(13-15(2)36(14)5)22-10-19(27)16(20-6-7-31-25(34-20)35(3)4)8-21(22)33-24(39)17-11-32-23(38)9-18(17)26(28,29)30/h6-11,14-15H,12-13H2,1-5H3,(H,32,38)(H,33,39). The van der Waals surface area contributed by atoms with Gasteiger partial charge < -0.3 is 20.1 Å². The van der Waals surface area contributed by atoms with E-state index in [9.17, 15) is 22.8 Å². The Morgan fingerprint density at radius 3 is 2.44 bits per heavy atom. The van der Waals surface area contributed by atoms with E-state index in [1.54, 1.807) is 19.0 Å². The van der Waals surface area contributed by atoms with Gasteiger partial charge in [0.05, 0.1) is 28.2 Å². The number of hydrogen-bond acceptors (Lipinski definition) is 7. The lowest BCUT2D eigenvalue weighted by Crippen LogP contribution is -2.55. The number of carbonyl (C=O) groups excluding carboxylic acids is 1. The van der Waals surface area contributed by atoms with Crippen molar-refractivity contribution in [2.45, 2.75) is 32.1 Å². The minimum Gasteiger partial charge on any atom is -0.367 e. The van der Waals surface area contributed by atoms with Crippen molar-refractivity contribution in [3.8, 4) is 11.3 Å². The summed E-state index contributed by atoms with van der Waals surface area (Å²) >= 11 is 0. The molecule has 3 aromatic rings. The minimum absolute atomic E-state index is 0.0345. The second-order valence-corrected chi connectivity index (χ2v) is 9.83. The number of likely N-dealkylation sites (N-methyl/N-ethyl adjacent to an activating group) is 1. The Morgan fingerprint density at radius 2 is 1.82 bits per heavy atom. The molecule has 0 aliphatic carbocycles. The van der Waals surface area contributed by atoms with Crippen molar-refractivity contribution in [1.82, 2.24) is 19.9 Å². The number of rotatable bonds is 5. The van der Waals surface area contributed by atoms with Crippen LogP contribution in [0.2, 0.25) is 0 Å². The Kier molecular flexibility index (Phi) is 7.64. The molecule has 0 spiro atoms. The van der Waals surface area contributed by atoms with E-state index in [4.69, 9.17) is 0 Å². The maximum Gasteiger partial charge on any atom is 0.417 e. The smallest absolute Gasteiger partial charge is 0.367 e. The summed E-state index contributed by atoms with van der Waals surface area (Å²) in [6.45, 7) is 5.00. The predicted octanol–water partition coefficient (Wildman–Crippen LogP) is 3.84. The molecule has 2 N–H and O–H groups in total. The zero-order chi connectivity index (χ0) is 28.6. The first-order valence-electron chi connectivity index (χ1n) is 12.2. The molecule has 13 heteroatoms. The van der Waals surface area contributed by atoms with Crippen molar-refractivity contribution in [3.05, 3.63) is 64.0 Å². The topological polar surface area (TPSA) is 97.5 Å². The molecule has 0 radical (unpaired) electrons. The molecule has 1 amide bonds. The van der Waals surface area contributed by atoms with Crippen LogP contribution < -0.4 is 20.7 Å². The number of anilines is 3. The van der Waals surface area contributed by atoms with Crippen molar-refractivity contribution in [2.24, 2.45) is 0 Å². The molecule has 0 bridgehead atoms. The second kappa shape index (κ2) is 10.6. The number of carbonyl (C=O) groups is 1. The number of amides is 1. The van der Waals surface area contributed by atoms with Crippen LogP contribution in [0.25, 0.3) is 11.3 Å². The number of hydrogen-bond donors (Lipinski definition) is 2. The van der Waals surface area contributed by atoms with Gasteiger partial charge in [-0.05, 0) is 39.1 Å². The largest absolute Gasteiger partial charge is 0.417 e. The molecule has 2 aromatic heterocycles. The zero-order valence-electron chi connectivity index (χ0n) is 22.1. The van der Waals surface area contributed by atoms with Crippen LogP contribution in [0.3, 0.4) is 0 Å². The van der Waals surface area contributed by atoms with E-state index in [-0.39, 0.29) is 29.0 Å². The Labute approximate surface area is 222 Å². The molecular weight excluding hydrogens is 518 g/mol. The van der Waals surface area contributed by atoms with Gasteiger partial charge in [-0.15, -0.1) is 0 Å². The molecular formula is C26H29F4N7O2. The molecule has 9 nitrogen and oxygen atoms in total. The van der Waals surface area contributed by atoms with E-state index in [0.717, 1.165) is 6.20 Å². The molecule has 39 heavy (non-hydrogen) atoms. The fraction of sp³-hybridized carbons (Fsp3) is 0.385. The van der Waals surface area contributed by atoms with Crippen LogP contribution >= 0.6 is 0 Å². The first-order chi connectivity index (χ1) is 18.3. The highest BCUT2D eigenvalue weighted by atomic mass is 19.4. The Balaban J connectivity index is 1.83. The summed E-state index contributed by atoms with van der Waals surface area (Å²) in [5, 5.41) is 2.53. The molecule has 2 atom stereocenters. The fourth-order valence-corrected chi connectivity index (χ4v) is 4.52. The number of aromatic amines is 1. The van der Waals surface area contributed by atoms with Gasteiger partial charge in [-0.25, -0.2) is 14.4 Å². The van der Waals surface area contributed by atoms with Crippen molar-refractivity contribution in [1.29, 1.82) is 0 Å². The fourth-order valence-electron chi connectivity index (χ4n) is 4.52. The van der Waals surface area contributed by atoms with Crippen LogP contribution in [0.15, 0.2) is 41.5 Å². The third kappa shape index (κ3) is 5.87. The van der Waals surface area contributed by atoms with E-state index < -0.39 is 34.6 Å². The maximum atomic E-state index is 15.6. The number of H-pyrrole nitrogens is 1. The number of halogens is 4. The van der Waals surface area contributed by atoms with E-state index in [0.29, 0.717) is 30.8 Å². The van der Waals surface area contributed by atoms with Gasteiger partial charge in [0.2, 0.25) is 11.5 Å². The highest BCUT2D eigenvalue weighted by molar-refractivity contribution is 6.07. The van der Waals surface area contributed by atoms with Crippen molar-refractivity contribution in [2.75, 3.05) is 49.3 Å².